The Morgan fingerprint density at radius 2 is 1.66 bits per heavy atom. The van der Waals surface area contributed by atoms with Crippen LogP contribution >= 0.6 is 0 Å². The minimum absolute atomic E-state index is 0.00969. The zero-order valence-electron chi connectivity index (χ0n) is 23.6. The Labute approximate surface area is 226 Å². The predicted octanol–water partition coefficient (Wildman–Crippen LogP) is 3.04. The molecule has 3 rings (SSSR count). The first-order valence-corrected chi connectivity index (χ1v) is 13.6. The summed E-state index contributed by atoms with van der Waals surface area (Å²) in [6.45, 7) is 8.59. The monoisotopic (exact) mass is 535 g/mol. The first kappa shape index (κ1) is 30.0. The first-order valence-electron chi connectivity index (χ1n) is 13.6. The quantitative estimate of drug-likeness (QED) is 0.323. The van der Waals surface area contributed by atoms with Gasteiger partial charge in [-0.2, -0.15) is 0 Å². The lowest BCUT2D eigenvalue weighted by Crippen LogP contribution is -2.45. The summed E-state index contributed by atoms with van der Waals surface area (Å²) < 4.78 is 26.9. The molecule has 1 aromatic carbocycles. The van der Waals surface area contributed by atoms with E-state index < -0.39 is 0 Å². The lowest BCUT2D eigenvalue weighted by atomic mass is 9.94. The van der Waals surface area contributed by atoms with E-state index in [4.69, 9.17) is 23.7 Å². The van der Waals surface area contributed by atoms with Crippen molar-refractivity contribution in [2.75, 3.05) is 73.9 Å². The molecule has 0 spiro atoms. The molecule has 1 aromatic rings. The summed E-state index contributed by atoms with van der Waals surface area (Å²) in [6, 6.07) is 5.58. The second kappa shape index (κ2) is 15.1. The van der Waals surface area contributed by atoms with Crippen molar-refractivity contribution in [2.45, 2.75) is 45.2 Å². The van der Waals surface area contributed by atoms with Gasteiger partial charge in [0.2, 0.25) is 0 Å². The molecule has 0 unspecified atom stereocenters. The summed E-state index contributed by atoms with van der Waals surface area (Å²) in [6.07, 6.45) is 2.48. The molecule has 10 heteroatoms. The SMILES string of the molecule is COCCCOc1cc(C(=O)N(C[C@H]2CNC[C@H]2CN(C(=O)OCCOC)C2CC2)C(C)C)ccc1OC. The first-order chi connectivity index (χ1) is 18.4. The van der Waals surface area contributed by atoms with Crippen LogP contribution in [0.1, 0.15) is 43.5 Å². The third kappa shape index (κ3) is 8.47. The van der Waals surface area contributed by atoms with Gasteiger partial charge in [-0.25, -0.2) is 4.79 Å². The fraction of sp³-hybridized carbons (Fsp3) is 0.714. The molecule has 2 aliphatic rings. The van der Waals surface area contributed by atoms with Gasteiger partial charge in [0, 0.05) is 71.1 Å². The zero-order chi connectivity index (χ0) is 27.5. The molecule has 1 heterocycles. The van der Waals surface area contributed by atoms with Crippen LogP contribution in [0.5, 0.6) is 11.5 Å². The van der Waals surface area contributed by atoms with E-state index >= 15 is 0 Å². The minimum atomic E-state index is -0.275. The Kier molecular flexibility index (Phi) is 11.9. The molecule has 2 fully saturated rings. The van der Waals surface area contributed by atoms with Gasteiger partial charge in [-0.05, 0) is 56.7 Å². The molecule has 2 amide bonds. The number of amides is 2. The number of carbonyl (C=O) groups excluding carboxylic acids is 2. The molecule has 1 aliphatic carbocycles. The lowest BCUT2D eigenvalue weighted by Gasteiger charge is -2.33. The van der Waals surface area contributed by atoms with Gasteiger partial charge in [-0.3, -0.25) is 4.79 Å². The third-order valence-electron chi connectivity index (χ3n) is 7.12. The van der Waals surface area contributed by atoms with Crippen LogP contribution in [0, 0.1) is 11.8 Å². The van der Waals surface area contributed by atoms with Gasteiger partial charge in [0.15, 0.2) is 11.5 Å². The molecular formula is C28H45N3O7. The number of benzene rings is 1. The highest BCUT2D eigenvalue weighted by Gasteiger charge is 2.39. The molecule has 0 bridgehead atoms. The molecule has 2 atom stereocenters. The van der Waals surface area contributed by atoms with E-state index in [1.807, 2.05) is 23.6 Å². The Morgan fingerprint density at radius 3 is 2.29 bits per heavy atom. The predicted molar refractivity (Wildman–Crippen MR) is 144 cm³/mol. The van der Waals surface area contributed by atoms with E-state index in [0.717, 1.165) is 32.4 Å². The highest BCUT2D eigenvalue weighted by atomic mass is 16.6. The van der Waals surface area contributed by atoms with Crippen LogP contribution in [0.4, 0.5) is 4.79 Å². The summed E-state index contributed by atoms with van der Waals surface area (Å²) in [7, 11) is 4.83. The van der Waals surface area contributed by atoms with Gasteiger partial charge in [0.25, 0.3) is 5.91 Å². The molecule has 214 valence electrons. The van der Waals surface area contributed by atoms with Crippen molar-refractivity contribution >= 4 is 12.0 Å². The largest absolute Gasteiger partial charge is 0.493 e. The second-order valence-electron chi connectivity index (χ2n) is 10.3. The van der Waals surface area contributed by atoms with Crippen molar-refractivity contribution in [3.63, 3.8) is 0 Å². The summed E-state index contributed by atoms with van der Waals surface area (Å²) in [4.78, 5) is 30.2. The van der Waals surface area contributed by atoms with Gasteiger partial charge >= 0.3 is 6.09 Å². The number of carbonyl (C=O) groups is 2. The molecule has 1 saturated heterocycles. The minimum Gasteiger partial charge on any atom is -0.493 e. The topological polar surface area (TPSA) is 98.8 Å². The number of rotatable bonds is 16. The van der Waals surface area contributed by atoms with E-state index in [1.54, 1.807) is 39.5 Å². The Balaban J connectivity index is 1.67. The van der Waals surface area contributed by atoms with Crippen LogP contribution in [0.2, 0.25) is 0 Å². The molecule has 0 radical (unpaired) electrons. The number of hydrogen-bond acceptors (Lipinski definition) is 8. The average Bonchev–Trinajstić information content (AvgIpc) is 3.66. The number of hydrogen-bond donors (Lipinski definition) is 1. The summed E-state index contributed by atoms with van der Waals surface area (Å²) >= 11 is 0. The van der Waals surface area contributed by atoms with Gasteiger partial charge in [0.05, 0.1) is 20.3 Å². The number of methoxy groups -OCH3 is 3. The standard InChI is InChI=1S/C28H45N3O7/c1-20(2)30(27(32)21-7-10-25(36-5)26(15-21)37-12-6-11-34-3)18-22-16-29-17-23(22)19-31(24-8-9-24)28(33)38-14-13-35-4/h7,10,15,20,22-24,29H,6,8-9,11-14,16-19H2,1-5H3/t22-,23+/m1/s1. The van der Waals surface area contributed by atoms with Crippen molar-refractivity contribution in [1.29, 1.82) is 0 Å². The smallest absolute Gasteiger partial charge is 0.410 e. The molecular weight excluding hydrogens is 490 g/mol. The number of ether oxygens (including phenoxy) is 5. The van der Waals surface area contributed by atoms with E-state index in [0.29, 0.717) is 50.0 Å². The van der Waals surface area contributed by atoms with Gasteiger partial charge in [-0.15, -0.1) is 0 Å². The second-order valence-corrected chi connectivity index (χ2v) is 10.3. The van der Waals surface area contributed by atoms with Crippen LogP contribution in [0.3, 0.4) is 0 Å². The third-order valence-corrected chi connectivity index (χ3v) is 7.12. The lowest BCUT2D eigenvalue weighted by molar-refractivity contribution is 0.0580. The summed E-state index contributed by atoms with van der Waals surface area (Å²) in [5.41, 5.74) is 0.560. The van der Waals surface area contributed by atoms with Gasteiger partial charge in [-0.1, -0.05) is 0 Å². The summed E-state index contributed by atoms with van der Waals surface area (Å²) in [5, 5.41) is 3.48. The molecule has 10 nitrogen and oxygen atoms in total. The molecule has 1 saturated carbocycles. The van der Waals surface area contributed by atoms with E-state index in [9.17, 15) is 9.59 Å². The fourth-order valence-electron chi connectivity index (χ4n) is 4.78. The Morgan fingerprint density at radius 1 is 0.947 bits per heavy atom. The molecule has 1 N–H and O–H groups in total. The fourth-order valence-corrected chi connectivity index (χ4v) is 4.78. The van der Waals surface area contributed by atoms with Crippen LogP contribution in [-0.4, -0.2) is 108 Å². The van der Waals surface area contributed by atoms with Crippen molar-refractivity contribution in [1.82, 2.24) is 15.1 Å². The Hall–Kier alpha value is -2.56. The van der Waals surface area contributed by atoms with Crippen molar-refractivity contribution in [3.8, 4) is 11.5 Å². The van der Waals surface area contributed by atoms with E-state index in [2.05, 4.69) is 5.32 Å². The highest BCUT2D eigenvalue weighted by molar-refractivity contribution is 5.95. The van der Waals surface area contributed by atoms with Gasteiger partial charge < -0.3 is 38.8 Å². The summed E-state index contributed by atoms with van der Waals surface area (Å²) in [5.74, 6) is 1.54. The van der Waals surface area contributed by atoms with Crippen molar-refractivity contribution in [3.05, 3.63) is 23.8 Å². The maximum atomic E-state index is 13.7. The number of nitrogens with zero attached hydrogens (tertiary/aromatic N) is 2. The van der Waals surface area contributed by atoms with Crippen LogP contribution in [-0.2, 0) is 14.2 Å². The van der Waals surface area contributed by atoms with Crippen molar-refractivity contribution in [2.24, 2.45) is 11.8 Å². The number of nitrogens with one attached hydrogen (secondary N) is 1. The maximum Gasteiger partial charge on any atom is 0.410 e. The molecule has 0 aromatic heterocycles. The highest BCUT2D eigenvalue weighted by Crippen LogP contribution is 2.32. The normalized spacial score (nSPS) is 18.9. The molecule has 38 heavy (non-hydrogen) atoms. The van der Waals surface area contributed by atoms with Crippen LogP contribution < -0.4 is 14.8 Å². The zero-order valence-corrected chi connectivity index (χ0v) is 23.6. The Bertz CT molecular complexity index is 893. The van der Waals surface area contributed by atoms with Crippen LogP contribution in [0.25, 0.3) is 0 Å². The van der Waals surface area contributed by atoms with Gasteiger partial charge in [0.1, 0.15) is 6.61 Å². The maximum absolute atomic E-state index is 13.7. The van der Waals surface area contributed by atoms with E-state index in [-0.39, 0.29) is 42.5 Å². The van der Waals surface area contributed by atoms with Crippen LogP contribution in [0.15, 0.2) is 18.2 Å². The van der Waals surface area contributed by atoms with Crippen molar-refractivity contribution < 1.29 is 33.3 Å². The van der Waals surface area contributed by atoms with E-state index in [1.165, 1.54) is 0 Å². The average molecular weight is 536 g/mol. The molecule has 1 aliphatic heterocycles.